The first kappa shape index (κ1) is 31.9. The molecule has 0 saturated heterocycles. The van der Waals surface area contributed by atoms with Crippen LogP contribution in [0, 0.1) is 23.7 Å². The topological polar surface area (TPSA) is 52.6 Å². The summed E-state index contributed by atoms with van der Waals surface area (Å²) in [5.74, 6) is 1.76. The summed E-state index contributed by atoms with van der Waals surface area (Å²) in [6.07, 6.45) is 16.4. The van der Waals surface area contributed by atoms with E-state index in [0.717, 1.165) is 56.8 Å². The lowest BCUT2D eigenvalue weighted by Crippen LogP contribution is -2.22. The Hall–Kier alpha value is -1.06. The standard InChI is InChI=1S/C29H56O4/c1-24(2)18-14-16-22-32-28(30)21-13-11-9-7-8-10-12-20-26(5)27(6)29(31)33-23-17-15-19-25(3)4/h24-27H,7-23H2,1-6H3. The fourth-order valence-electron chi connectivity index (χ4n) is 3.97. The average Bonchev–Trinajstić information content (AvgIpc) is 2.76. The van der Waals surface area contributed by atoms with Crippen molar-refractivity contribution in [3.05, 3.63) is 0 Å². The van der Waals surface area contributed by atoms with Crippen molar-refractivity contribution < 1.29 is 19.1 Å². The molecule has 0 aliphatic heterocycles. The first-order valence-electron chi connectivity index (χ1n) is 14.1. The first-order valence-corrected chi connectivity index (χ1v) is 14.1. The molecule has 0 aromatic carbocycles. The second-order valence-corrected chi connectivity index (χ2v) is 10.9. The van der Waals surface area contributed by atoms with Gasteiger partial charge in [-0.1, -0.05) is 92.9 Å². The number of esters is 2. The van der Waals surface area contributed by atoms with Crippen molar-refractivity contribution in [3.8, 4) is 0 Å². The van der Waals surface area contributed by atoms with Gasteiger partial charge in [-0.25, -0.2) is 0 Å². The van der Waals surface area contributed by atoms with E-state index in [1.54, 1.807) is 0 Å². The lowest BCUT2D eigenvalue weighted by molar-refractivity contribution is -0.150. The lowest BCUT2D eigenvalue weighted by atomic mass is 9.90. The molecule has 33 heavy (non-hydrogen) atoms. The van der Waals surface area contributed by atoms with Crippen LogP contribution >= 0.6 is 0 Å². The summed E-state index contributed by atoms with van der Waals surface area (Å²) in [4.78, 5) is 24.0. The summed E-state index contributed by atoms with van der Waals surface area (Å²) in [5.41, 5.74) is 0. The smallest absolute Gasteiger partial charge is 0.308 e. The Balaban J connectivity index is 3.53. The third-order valence-electron chi connectivity index (χ3n) is 6.62. The number of ether oxygens (including phenoxy) is 2. The van der Waals surface area contributed by atoms with Crippen molar-refractivity contribution in [1.82, 2.24) is 0 Å². The molecule has 196 valence electrons. The molecule has 0 aliphatic carbocycles. The normalized spacial score (nSPS) is 13.3. The van der Waals surface area contributed by atoms with Gasteiger partial charge >= 0.3 is 11.9 Å². The average molecular weight is 469 g/mol. The Morgan fingerprint density at radius 1 is 0.545 bits per heavy atom. The molecule has 0 rings (SSSR count). The molecule has 0 radical (unpaired) electrons. The van der Waals surface area contributed by atoms with Crippen LogP contribution in [0.2, 0.25) is 0 Å². The maximum Gasteiger partial charge on any atom is 0.308 e. The van der Waals surface area contributed by atoms with E-state index in [9.17, 15) is 9.59 Å². The molecule has 0 aromatic heterocycles. The summed E-state index contributed by atoms with van der Waals surface area (Å²) in [6.45, 7) is 14.2. The van der Waals surface area contributed by atoms with Gasteiger partial charge in [0.25, 0.3) is 0 Å². The molecule has 0 N–H and O–H groups in total. The maximum absolute atomic E-state index is 12.2. The molecule has 0 spiro atoms. The molecular weight excluding hydrogens is 412 g/mol. The summed E-state index contributed by atoms with van der Waals surface area (Å²) in [6, 6.07) is 0. The SMILES string of the molecule is CC(C)CCCCOC(=O)CCCCCCCCCC(C)C(C)C(=O)OCCCCC(C)C. The summed E-state index contributed by atoms with van der Waals surface area (Å²) in [5, 5.41) is 0. The van der Waals surface area contributed by atoms with Gasteiger partial charge in [0, 0.05) is 6.42 Å². The number of carbonyl (C=O) groups excluding carboxylic acids is 2. The van der Waals surface area contributed by atoms with Gasteiger partial charge in [-0.3, -0.25) is 9.59 Å². The van der Waals surface area contributed by atoms with E-state index in [4.69, 9.17) is 9.47 Å². The van der Waals surface area contributed by atoms with Crippen LogP contribution in [0.15, 0.2) is 0 Å². The van der Waals surface area contributed by atoms with Crippen molar-refractivity contribution >= 4 is 11.9 Å². The van der Waals surface area contributed by atoms with Crippen LogP contribution in [0.1, 0.15) is 138 Å². The van der Waals surface area contributed by atoms with Gasteiger partial charge in [0.05, 0.1) is 19.1 Å². The highest BCUT2D eigenvalue weighted by atomic mass is 16.5. The van der Waals surface area contributed by atoms with E-state index < -0.39 is 0 Å². The van der Waals surface area contributed by atoms with Gasteiger partial charge in [0.1, 0.15) is 0 Å². The van der Waals surface area contributed by atoms with E-state index in [-0.39, 0.29) is 17.9 Å². The molecule has 0 bridgehead atoms. The van der Waals surface area contributed by atoms with Crippen molar-refractivity contribution in [1.29, 1.82) is 0 Å². The second kappa shape index (κ2) is 21.5. The second-order valence-electron chi connectivity index (χ2n) is 10.9. The Labute approximate surface area is 206 Å². The molecule has 0 saturated carbocycles. The van der Waals surface area contributed by atoms with E-state index >= 15 is 0 Å². The third-order valence-corrected chi connectivity index (χ3v) is 6.62. The first-order chi connectivity index (χ1) is 15.7. The quantitative estimate of drug-likeness (QED) is 0.118. The zero-order valence-electron chi connectivity index (χ0n) is 23.0. The number of carbonyl (C=O) groups is 2. The molecule has 0 heterocycles. The van der Waals surface area contributed by atoms with Crippen LogP contribution < -0.4 is 0 Å². The number of rotatable bonds is 22. The van der Waals surface area contributed by atoms with Crippen LogP contribution in [0.25, 0.3) is 0 Å². The summed E-state index contributed by atoms with van der Waals surface area (Å²) >= 11 is 0. The Morgan fingerprint density at radius 2 is 1.00 bits per heavy atom. The van der Waals surface area contributed by atoms with Crippen molar-refractivity contribution in [2.24, 2.45) is 23.7 Å². The summed E-state index contributed by atoms with van der Waals surface area (Å²) in [7, 11) is 0. The molecule has 4 heteroatoms. The highest BCUT2D eigenvalue weighted by molar-refractivity contribution is 5.72. The fraction of sp³-hybridized carbons (Fsp3) is 0.931. The van der Waals surface area contributed by atoms with Crippen LogP contribution in [-0.2, 0) is 19.1 Å². The number of unbranched alkanes of at least 4 members (excludes halogenated alkanes) is 8. The van der Waals surface area contributed by atoms with Gasteiger partial charge in [-0.2, -0.15) is 0 Å². The van der Waals surface area contributed by atoms with E-state index in [0.29, 0.717) is 25.6 Å². The molecule has 0 aromatic rings. The predicted molar refractivity (Wildman–Crippen MR) is 139 cm³/mol. The minimum atomic E-state index is -0.0308. The highest BCUT2D eigenvalue weighted by Crippen LogP contribution is 2.21. The fourth-order valence-corrected chi connectivity index (χ4v) is 3.97. The molecule has 2 atom stereocenters. The predicted octanol–water partition coefficient (Wildman–Crippen LogP) is 8.51. The van der Waals surface area contributed by atoms with Crippen LogP contribution in [0.5, 0.6) is 0 Å². The highest BCUT2D eigenvalue weighted by Gasteiger charge is 2.21. The Bertz CT molecular complexity index is 472. The van der Waals surface area contributed by atoms with Gasteiger partial charge in [0.15, 0.2) is 0 Å². The van der Waals surface area contributed by atoms with E-state index in [2.05, 4.69) is 34.6 Å². The van der Waals surface area contributed by atoms with E-state index in [1.807, 2.05) is 6.92 Å². The third kappa shape index (κ3) is 21.2. The Kier molecular flexibility index (Phi) is 20.8. The van der Waals surface area contributed by atoms with Crippen molar-refractivity contribution in [3.63, 3.8) is 0 Å². The van der Waals surface area contributed by atoms with Crippen LogP contribution in [-0.4, -0.2) is 25.2 Å². The van der Waals surface area contributed by atoms with Gasteiger partial charge < -0.3 is 9.47 Å². The molecule has 0 fully saturated rings. The number of hydrogen-bond acceptors (Lipinski definition) is 4. The largest absolute Gasteiger partial charge is 0.466 e. The molecule has 4 nitrogen and oxygen atoms in total. The zero-order chi connectivity index (χ0) is 24.9. The minimum Gasteiger partial charge on any atom is -0.466 e. The Morgan fingerprint density at radius 3 is 1.55 bits per heavy atom. The number of hydrogen-bond donors (Lipinski definition) is 0. The van der Waals surface area contributed by atoms with Gasteiger partial charge in [-0.15, -0.1) is 0 Å². The lowest BCUT2D eigenvalue weighted by Gasteiger charge is -2.18. The maximum atomic E-state index is 12.2. The zero-order valence-corrected chi connectivity index (χ0v) is 23.0. The molecule has 0 aliphatic rings. The molecular formula is C29H56O4. The van der Waals surface area contributed by atoms with Crippen LogP contribution in [0.3, 0.4) is 0 Å². The minimum absolute atomic E-state index is 0.00920. The summed E-state index contributed by atoms with van der Waals surface area (Å²) < 4.78 is 10.8. The van der Waals surface area contributed by atoms with Crippen molar-refractivity contribution in [2.75, 3.05) is 13.2 Å². The van der Waals surface area contributed by atoms with E-state index in [1.165, 1.54) is 44.9 Å². The monoisotopic (exact) mass is 468 g/mol. The van der Waals surface area contributed by atoms with Crippen molar-refractivity contribution in [2.45, 2.75) is 138 Å². The van der Waals surface area contributed by atoms with Gasteiger partial charge in [0.2, 0.25) is 0 Å². The molecule has 2 unspecified atom stereocenters. The van der Waals surface area contributed by atoms with Gasteiger partial charge in [-0.05, 0) is 56.3 Å². The van der Waals surface area contributed by atoms with Crippen LogP contribution in [0.4, 0.5) is 0 Å². The molecule has 0 amide bonds.